The summed E-state index contributed by atoms with van der Waals surface area (Å²) in [5.74, 6) is 1.97. The molecule has 20 heavy (non-hydrogen) atoms. The average Bonchev–Trinajstić information content (AvgIpc) is 2.46. The number of nitrogens with one attached hydrogen (secondary N) is 1. The van der Waals surface area contributed by atoms with Crippen LogP contribution in [0.1, 0.15) is 44.6 Å². The molecular weight excluding hydrogens is 246 g/mol. The molecule has 1 aliphatic heterocycles. The van der Waals surface area contributed by atoms with Crippen molar-refractivity contribution in [2.75, 3.05) is 26.2 Å². The molecule has 1 N–H and O–H groups in total. The first-order valence-electron chi connectivity index (χ1n) is 8.27. The Kier molecular flexibility index (Phi) is 6.38. The zero-order chi connectivity index (χ0) is 14.2. The van der Waals surface area contributed by atoms with E-state index in [-0.39, 0.29) is 0 Å². The van der Waals surface area contributed by atoms with Gasteiger partial charge in [0.1, 0.15) is 5.75 Å². The normalized spacial score (nSPS) is 22.7. The van der Waals surface area contributed by atoms with Crippen molar-refractivity contribution in [1.82, 2.24) is 0 Å². The molecule has 0 aromatic heterocycles. The summed E-state index contributed by atoms with van der Waals surface area (Å²) in [6.45, 7) is 9.49. The van der Waals surface area contributed by atoms with Crippen molar-refractivity contribution in [2.45, 2.75) is 46.0 Å². The highest BCUT2D eigenvalue weighted by Gasteiger charge is 2.17. The Morgan fingerprint density at radius 2 is 1.75 bits per heavy atom. The minimum Gasteiger partial charge on any atom is -0.494 e. The van der Waals surface area contributed by atoms with Crippen molar-refractivity contribution in [2.24, 2.45) is 5.92 Å². The number of rotatable bonds is 7. The van der Waals surface area contributed by atoms with Crippen LogP contribution < -0.4 is 9.64 Å². The summed E-state index contributed by atoms with van der Waals surface area (Å²) in [4.78, 5) is 1.82. The van der Waals surface area contributed by atoms with Crippen LogP contribution in [0.4, 0.5) is 0 Å². The van der Waals surface area contributed by atoms with Crippen LogP contribution >= 0.6 is 0 Å². The van der Waals surface area contributed by atoms with Gasteiger partial charge in [-0.25, -0.2) is 0 Å². The van der Waals surface area contributed by atoms with Gasteiger partial charge in [-0.05, 0) is 57.1 Å². The van der Waals surface area contributed by atoms with Gasteiger partial charge in [-0.1, -0.05) is 24.6 Å². The molecule has 2 heteroatoms. The smallest absolute Gasteiger partial charge is 0.119 e. The minimum absolute atomic E-state index is 0.857. The first-order valence-corrected chi connectivity index (χ1v) is 8.27. The molecule has 1 saturated heterocycles. The van der Waals surface area contributed by atoms with Gasteiger partial charge < -0.3 is 9.64 Å². The Hall–Kier alpha value is -1.02. The van der Waals surface area contributed by atoms with Crippen molar-refractivity contribution in [3.05, 3.63) is 29.8 Å². The molecule has 2 rings (SSSR count). The van der Waals surface area contributed by atoms with E-state index in [9.17, 15) is 0 Å². The van der Waals surface area contributed by atoms with Crippen LogP contribution in [0.2, 0.25) is 0 Å². The summed E-state index contributed by atoms with van der Waals surface area (Å²) in [5, 5.41) is 0. The van der Waals surface area contributed by atoms with Gasteiger partial charge in [-0.3, -0.25) is 0 Å². The molecule has 0 bridgehead atoms. The van der Waals surface area contributed by atoms with Gasteiger partial charge in [0.05, 0.1) is 26.2 Å². The predicted molar refractivity (Wildman–Crippen MR) is 84.5 cm³/mol. The van der Waals surface area contributed by atoms with Crippen LogP contribution in [-0.4, -0.2) is 26.2 Å². The summed E-state index contributed by atoms with van der Waals surface area (Å²) < 4.78 is 5.76. The highest BCUT2D eigenvalue weighted by Crippen LogP contribution is 2.12. The molecule has 1 fully saturated rings. The first-order chi connectivity index (χ1) is 9.74. The standard InChI is InChI=1S/C18H29NO/c1-16-6-8-18(9-7-16)20-15-5-3-4-12-19-13-10-17(2)11-14-19/h6-9,17H,3-5,10-15H2,1-2H3/p+1. The highest BCUT2D eigenvalue weighted by atomic mass is 16.5. The number of ether oxygens (including phenoxy) is 1. The number of hydrogen-bond acceptors (Lipinski definition) is 1. The van der Waals surface area contributed by atoms with E-state index >= 15 is 0 Å². The Labute approximate surface area is 124 Å². The van der Waals surface area contributed by atoms with Gasteiger partial charge in [0.15, 0.2) is 0 Å². The molecule has 112 valence electrons. The Morgan fingerprint density at radius 1 is 1.05 bits per heavy atom. The van der Waals surface area contributed by atoms with E-state index in [1.807, 2.05) is 4.90 Å². The van der Waals surface area contributed by atoms with Crippen molar-refractivity contribution in [1.29, 1.82) is 0 Å². The van der Waals surface area contributed by atoms with E-state index in [0.717, 1.165) is 18.3 Å². The van der Waals surface area contributed by atoms with Crippen molar-refractivity contribution in [3.63, 3.8) is 0 Å². The fourth-order valence-corrected chi connectivity index (χ4v) is 2.90. The number of quaternary nitrogens is 1. The fourth-order valence-electron chi connectivity index (χ4n) is 2.90. The fraction of sp³-hybridized carbons (Fsp3) is 0.667. The third-order valence-electron chi connectivity index (χ3n) is 4.45. The van der Waals surface area contributed by atoms with E-state index in [1.165, 1.54) is 57.3 Å². The average molecular weight is 276 g/mol. The molecule has 1 aliphatic rings. The quantitative estimate of drug-likeness (QED) is 0.756. The highest BCUT2D eigenvalue weighted by molar-refractivity contribution is 5.26. The number of unbranched alkanes of at least 4 members (excludes halogenated alkanes) is 2. The van der Waals surface area contributed by atoms with Gasteiger partial charge in [-0.15, -0.1) is 0 Å². The van der Waals surface area contributed by atoms with E-state index in [2.05, 4.69) is 38.1 Å². The number of hydrogen-bond donors (Lipinski definition) is 1. The number of likely N-dealkylation sites (tertiary alicyclic amines) is 1. The number of benzene rings is 1. The van der Waals surface area contributed by atoms with Gasteiger partial charge in [0, 0.05) is 0 Å². The third-order valence-corrected chi connectivity index (χ3v) is 4.45. The van der Waals surface area contributed by atoms with Crippen molar-refractivity contribution < 1.29 is 9.64 Å². The largest absolute Gasteiger partial charge is 0.494 e. The van der Waals surface area contributed by atoms with Crippen molar-refractivity contribution >= 4 is 0 Å². The molecular formula is C18H30NO+. The molecule has 0 radical (unpaired) electrons. The molecule has 0 atom stereocenters. The van der Waals surface area contributed by atoms with Gasteiger partial charge in [0.25, 0.3) is 0 Å². The van der Waals surface area contributed by atoms with Gasteiger partial charge in [-0.2, -0.15) is 0 Å². The minimum atomic E-state index is 0.857. The van der Waals surface area contributed by atoms with Crippen molar-refractivity contribution in [3.8, 4) is 5.75 Å². The van der Waals surface area contributed by atoms with E-state index < -0.39 is 0 Å². The summed E-state index contributed by atoms with van der Waals surface area (Å²) in [5.41, 5.74) is 1.29. The Bertz CT molecular complexity index is 366. The maximum Gasteiger partial charge on any atom is 0.119 e. The van der Waals surface area contributed by atoms with Gasteiger partial charge in [0.2, 0.25) is 0 Å². The maximum absolute atomic E-state index is 5.76. The molecule has 0 amide bonds. The lowest BCUT2D eigenvalue weighted by atomic mass is 9.99. The zero-order valence-electron chi connectivity index (χ0n) is 13.2. The summed E-state index contributed by atoms with van der Waals surface area (Å²) >= 11 is 0. The Morgan fingerprint density at radius 3 is 2.45 bits per heavy atom. The number of aryl methyl sites for hydroxylation is 1. The van der Waals surface area contributed by atoms with Crippen LogP contribution in [0.5, 0.6) is 5.75 Å². The second kappa shape index (κ2) is 8.31. The lowest BCUT2D eigenvalue weighted by molar-refractivity contribution is -0.906. The molecule has 1 aromatic rings. The topological polar surface area (TPSA) is 13.7 Å². The van der Waals surface area contributed by atoms with Crippen LogP contribution in [0.15, 0.2) is 24.3 Å². The van der Waals surface area contributed by atoms with Crippen LogP contribution in [0, 0.1) is 12.8 Å². The molecule has 0 unspecified atom stereocenters. The monoisotopic (exact) mass is 276 g/mol. The lowest BCUT2D eigenvalue weighted by Crippen LogP contribution is -3.13. The Balaban J connectivity index is 1.48. The zero-order valence-corrected chi connectivity index (χ0v) is 13.2. The van der Waals surface area contributed by atoms with Crippen LogP contribution in [-0.2, 0) is 0 Å². The first kappa shape index (κ1) is 15.4. The SMILES string of the molecule is Cc1ccc(OCCCCC[NH+]2CCC(C)CC2)cc1. The van der Waals surface area contributed by atoms with Crippen LogP contribution in [0.3, 0.4) is 0 Å². The second-order valence-electron chi connectivity index (χ2n) is 6.40. The van der Waals surface area contributed by atoms with Gasteiger partial charge >= 0.3 is 0 Å². The lowest BCUT2D eigenvalue weighted by Gasteiger charge is -2.27. The summed E-state index contributed by atoms with van der Waals surface area (Å²) in [6, 6.07) is 8.34. The third kappa shape index (κ3) is 5.54. The predicted octanol–water partition coefficient (Wildman–Crippen LogP) is 2.86. The maximum atomic E-state index is 5.76. The molecule has 0 saturated carbocycles. The number of piperidine rings is 1. The molecule has 1 aromatic carbocycles. The summed E-state index contributed by atoms with van der Waals surface area (Å²) in [7, 11) is 0. The van der Waals surface area contributed by atoms with E-state index in [4.69, 9.17) is 4.74 Å². The van der Waals surface area contributed by atoms with E-state index in [1.54, 1.807) is 0 Å². The molecule has 0 spiro atoms. The second-order valence-corrected chi connectivity index (χ2v) is 6.40. The molecule has 0 aliphatic carbocycles. The summed E-state index contributed by atoms with van der Waals surface area (Å²) in [6.07, 6.45) is 6.67. The van der Waals surface area contributed by atoms with Crippen LogP contribution in [0.25, 0.3) is 0 Å². The molecule has 1 heterocycles. The van der Waals surface area contributed by atoms with E-state index in [0.29, 0.717) is 0 Å². The molecule has 2 nitrogen and oxygen atoms in total.